The Bertz CT molecular complexity index is 1730. The van der Waals surface area contributed by atoms with Gasteiger partial charge in [-0.05, 0) is 70.0 Å². The number of phenols is 1. The third-order valence-corrected chi connectivity index (χ3v) is 7.52. The van der Waals surface area contributed by atoms with Gasteiger partial charge < -0.3 is 24.6 Å². The molecule has 1 amide bonds. The Labute approximate surface area is 248 Å². The fourth-order valence-electron chi connectivity index (χ4n) is 5.14. The summed E-state index contributed by atoms with van der Waals surface area (Å²) in [5.74, 6) is -0.674. The smallest absolute Gasteiger partial charge is 0.408 e. The summed E-state index contributed by atoms with van der Waals surface area (Å²) < 4.78 is 23.2. The van der Waals surface area contributed by atoms with E-state index in [1.807, 2.05) is 33.8 Å². The zero-order chi connectivity index (χ0) is 30.4. The van der Waals surface area contributed by atoms with Gasteiger partial charge in [0.15, 0.2) is 0 Å². The number of halogens is 2. The highest BCUT2D eigenvalue weighted by molar-refractivity contribution is 6.32. The van der Waals surface area contributed by atoms with Gasteiger partial charge in [0.2, 0.25) is 0 Å². The van der Waals surface area contributed by atoms with E-state index in [1.54, 1.807) is 50.0 Å². The number of amides is 1. The standard InChI is InChI=1S/C31H33ClFN5O4/c1-30(2,3)42-28(40)35-31(4)8-9-37(18-31)22-12-20(16-34-17-22)24-15-21(33)14-23(27(24)39)19-6-7-26(25(32)13-19)38-11-10-36(5)29(38)41/h6-7,10-17,39H,8-9,18H2,1-5H3,(H,35,40). The summed E-state index contributed by atoms with van der Waals surface area (Å²) >= 11 is 6.53. The Hall–Kier alpha value is -4.31. The van der Waals surface area contributed by atoms with E-state index in [1.165, 1.54) is 21.3 Å². The SMILES string of the molecule is Cn1ccn(-c2ccc(-c3cc(F)cc(-c4cncc(N5CCC(C)(NC(=O)OC(C)(C)C)C5)c4)c3O)cc2Cl)c1=O. The molecule has 1 atom stereocenters. The quantitative estimate of drug-likeness (QED) is 0.299. The Morgan fingerprint density at radius 3 is 2.48 bits per heavy atom. The highest BCUT2D eigenvalue weighted by atomic mass is 35.5. The number of phenolic OH excluding ortho intramolecular Hbond substituents is 1. The van der Waals surface area contributed by atoms with Crippen molar-refractivity contribution in [3.05, 3.63) is 82.5 Å². The van der Waals surface area contributed by atoms with Crippen LogP contribution in [0.5, 0.6) is 5.75 Å². The molecule has 0 bridgehead atoms. The van der Waals surface area contributed by atoms with Gasteiger partial charge in [0, 0.05) is 55.4 Å². The fourth-order valence-corrected chi connectivity index (χ4v) is 5.41. The van der Waals surface area contributed by atoms with Crippen LogP contribution in [0.25, 0.3) is 27.9 Å². The van der Waals surface area contributed by atoms with Gasteiger partial charge in [-0.3, -0.25) is 9.55 Å². The lowest BCUT2D eigenvalue weighted by Crippen LogP contribution is -2.49. The lowest BCUT2D eigenvalue weighted by atomic mass is 9.97. The lowest BCUT2D eigenvalue weighted by molar-refractivity contribution is 0.0473. The summed E-state index contributed by atoms with van der Waals surface area (Å²) in [4.78, 5) is 31.2. The number of imidazole rings is 1. The van der Waals surface area contributed by atoms with Gasteiger partial charge in [0.1, 0.15) is 17.2 Å². The van der Waals surface area contributed by atoms with E-state index >= 15 is 0 Å². The molecule has 3 heterocycles. The molecule has 1 aliphatic heterocycles. The van der Waals surface area contributed by atoms with Crippen LogP contribution in [-0.4, -0.2) is 49.5 Å². The summed E-state index contributed by atoms with van der Waals surface area (Å²) in [6, 6.07) is 9.26. The number of carbonyl (C=O) groups is 1. The molecule has 11 heteroatoms. The molecule has 0 aliphatic carbocycles. The normalized spacial score (nSPS) is 17.0. The van der Waals surface area contributed by atoms with Crippen molar-refractivity contribution in [3.63, 3.8) is 0 Å². The number of alkyl carbamates (subject to hydrolysis) is 1. The fraction of sp³-hybridized carbons (Fsp3) is 0.323. The topological polar surface area (TPSA) is 102 Å². The van der Waals surface area contributed by atoms with Gasteiger partial charge in [-0.15, -0.1) is 0 Å². The minimum absolute atomic E-state index is 0.131. The number of aryl methyl sites for hydroxylation is 1. The molecule has 0 spiro atoms. The van der Waals surface area contributed by atoms with E-state index in [9.17, 15) is 19.1 Å². The predicted octanol–water partition coefficient (Wildman–Crippen LogP) is 5.90. The summed E-state index contributed by atoms with van der Waals surface area (Å²) in [7, 11) is 1.64. The van der Waals surface area contributed by atoms with E-state index in [0.29, 0.717) is 36.3 Å². The number of benzene rings is 2. The molecule has 5 rings (SSSR count). The number of aromatic hydroxyl groups is 1. The molecular formula is C31H33ClFN5O4. The molecule has 0 radical (unpaired) electrons. The maximum Gasteiger partial charge on any atom is 0.408 e. The molecule has 9 nitrogen and oxygen atoms in total. The van der Waals surface area contributed by atoms with E-state index in [4.69, 9.17) is 16.3 Å². The molecule has 2 aromatic heterocycles. The molecule has 220 valence electrons. The van der Waals surface area contributed by atoms with Crippen LogP contribution in [-0.2, 0) is 11.8 Å². The average molecular weight is 594 g/mol. The van der Waals surface area contributed by atoms with E-state index in [2.05, 4.69) is 15.2 Å². The molecule has 2 N–H and O–H groups in total. The molecule has 0 saturated carbocycles. The first-order valence-electron chi connectivity index (χ1n) is 13.5. The molecule has 4 aromatic rings. The van der Waals surface area contributed by atoms with Crippen molar-refractivity contribution >= 4 is 23.4 Å². The second kappa shape index (κ2) is 10.8. The lowest BCUT2D eigenvalue weighted by Gasteiger charge is -2.29. The van der Waals surface area contributed by atoms with E-state index < -0.39 is 23.1 Å². The Kier molecular flexibility index (Phi) is 7.53. The van der Waals surface area contributed by atoms with Gasteiger partial charge in [-0.25, -0.2) is 14.0 Å². The minimum Gasteiger partial charge on any atom is -0.507 e. The number of aromatic nitrogens is 3. The highest BCUT2D eigenvalue weighted by Crippen LogP contribution is 2.41. The Balaban J connectivity index is 1.42. The monoisotopic (exact) mass is 593 g/mol. The zero-order valence-electron chi connectivity index (χ0n) is 24.1. The maximum absolute atomic E-state index is 14.9. The summed E-state index contributed by atoms with van der Waals surface area (Å²) in [5.41, 5.74) is 1.40. The Morgan fingerprint density at radius 2 is 1.83 bits per heavy atom. The number of nitrogens with zero attached hydrogens (tertiary/aromatic N) is 4. The van der Waals surface area contributed by atoms with Crippen molar-refractivity contribution in [2.45, 2.75) is 45.3 Å². The summed E-state index contributed by atoms with van der Waals surface area (Å²) in [5, 5.41) is 14.6. The van der Waals surface area contributed by atoms with E-state index in [0.717, 1.165) is 5.69 Å². The maximum atomic E-state index is 14.9. The number of pyridine rings is 1. The molecule has 2 aromatic carbocycles. The Morgan fingerprint density at radius 1 is 1.12 bits per heavy atom. The van der Waals surface area contributed by atoms with Gasteiger partial charge in [-0.2, -0.15) is 0 Å². The molecule has 1 unspecified atom stereocenters. The summed E-state index contributed by atoms with van der Waals surface area (Å²) in [6.45, 7) is 8.59. The zero-order valence-corrected chi connectivity index (χ0v) is 24.9. The third kappa shape index (κ3) is 5.99. The van der Waals surface area contributed by atoms with Crippen molar-refractivity contribution in [1.82, 2.24) is 19.4 Å². The van der Waals surface area contributed by atoms with Gasteiger partial charge in [-0.1, -0.05) is 17.7 Å². The number of nitrogens with one attached hydrogen (secondary N) is 1. The van der Waals surface area contributed by atoms with Crippen molar-refractivity contribution in [3.8, 4) is 33.7 Å². The van der Waals surface area contributed by atoms with Crippen LogP contribution >= 0.6 is 11.6 Å². The first-order chi connectivity index (χ1) is 19.7. The number of hydrogen-bond acceptors (Lipinski definition) is 6. The van der Waals surface area contributed by atoms with Crippen molar-refractivity contribution in [2.75, 3.05) is 18.0 Å². The number of hydrogen-bond donors (Lipinski definition) is 2. The molecule has 1 aliphatic rings. The second-order valence-corrected chi connectivity index (χ2v) is 12.3. The van der Waals surface area contributed by atoms with Crippen LogP contribution in [0.3, 0.4) is 0 Å². The molecule has 1 fully saturated rings. The van der Waals surface area contributed by atoms with Crippen LogP contribution in [0.1, 0.15) is 34.1 Å². The third-order valence-electron chi connectivity index (χ3n) is 7.22. The number of carbonyl (C=O) groups excluding carboxylic acids is 1. The van der Waals surface area contributed by atoms with Gasteiger partial charge >= 0.3 is 11.8 Å². The molecular weight excluding hydrogens is 561 g/mol. The van der Waals surface area contributed by atoms with Gasteiger partial charge in [0.05, 0.1) is 28.1 Å². The van der Waals surface area contributed by atoms with Crippen LogP contribution in [0.15, 0.2) is 66.0 Å². The van der Waals surface area contributed by atoms with Crippen LogP contribution < -0.4 is 15.9 Å². The van der Waals surface area contributed by atoms with Crippen molar-refractivity contribution in [1.29, 1.82) is 0 Å². The molecule has 42 heavy (non-hydrogen) atoms. The first-order valence-corrected chi connectivity index (χ1v) is 13.9. The average Bonchev–Trinajstić information content (AvgIpc) is 3.45. The first kappa shape index (κ1) is 29.2. The highest BCUT2D eigenvalue weighted by Gasteiger charge is 2.36. The second-order valence-electron chi connectivity index (χ2n) is 11.9. The van der Waals surface area contributed by atoms with Crippen LogP contribution in [0.2, 0.25) is 5.02 Å². The van der Waals surface area contributed by atoms with Gasteiger partial charge in [0.25, 0.3) is 0 Å². The molecule has 1 saturated heterocycles. The number of rotatable bonds is 5. The largest absolute Gasteiger partial charge is 0.507 e. The van der Waals surface area contributed by atoms with Crippen LogP contribution in [0, 0.1) is 5.82 Å². The number of anilines is 1. The van der Waals surface area contributed by atoms with Crippen molar-refractivity contribution in [2.24, 2.45) is 7.05 Å². The minimum atomic E-state index is -0.600. The number of ether oxygens (including phenoxy) is 1. The summed E-state index contributed by atoms with van der Waals surface area (Å²) in [6.07, 6.45) is 6.71. The predicted molar refractivity (Wildman–Crippen MR) is 161 cm³/mol. The van der Waals surface area contributed by atoms with Crippen LogP contribution in [0.4, 0.5) is 14.9 Å². The van der Waals surface area contributed by atoms with Crippen molar-refractivity contribution < 1.29 is 19.0 Å². The van der Waals surface area contributed by atoms with E-state index in [-0.39, 0.29) is 27.6 Å².